The molecule has 4 aliphatic heterocycles. The molecule has 10 nitrogen and oxygen atoms in total. The van der Waals surface area contributed by atoms with E-state index < -0.39 is 41.5 Å². The van der Waals surface area contributed by atoms with Gasteiger partial charge in [-0.15, -0.1) is 0 Å². The summed E-state index contributed by atoms with van der Waals surface area (Å²) < 4.78 is 7.43. The maximum Gasteiger partial charge on any atom is 0.281 e. The first-order chi connectivity index (χ1) is 20.4. The van der Waals surface area contributed by atoms with Crippen molar-refractivity contribution in [2.45, 2.75) is 83.1 Å². The number of likely N-dealkylation sites (N-methyl/N-ethyl adjacent to an activating group) is 1. The number of hydrogen-bond acceptors (Lipinski definition) is 6. The zero-order chi connectivity index (χ0) is 30.6. The first-order valence-corrected chi connectivity index (χ1v) is 16.3. The highest BCUT2D eigenvalue weighted by Gasteiger charge is 2.72. The van der Waals surface area contributed by atoms with Gasteiger partial charge in [-0.25, -0.2) is 0 Å². The molecule has 43 heavy (non-hydrogen) atoms. The number of carbonyl (C=O) groups excluding carboxylic acids is 3. The Bertz CT molecular complexity index is 1570. The third kappa shape index (κ3) is 4.04. The number of piperazine rings is 1. The Hall–Kier alpha value is -2.73. The molecule has 0 unspecified atom stereocenters. The topological polar surface area (TPSA) is 118 Å². The van der Waals surface area contributed by atoms with Gasteiger partial charge in [0, 0.05) is 36.0 Å². The minimum Gasteiger partial charge on any atom is -0.349 e. The number of nitrogens with one attached hydrogen (secondary N) is 2. The molecule has 5 aliphatic rings. The molecule has 11 heteroatoms. The number of nitrogens with zero attached hydrogens (tertiary/aromatic N) is 3. The summed E-state index contributed by atoms with van der Waals surface area (Å²) >= 11 is 3.70. The molecule has 5 heterocycles. The van der Waals surface area contributed by atoms with E-state index in [1.54, 1.807) is 18.7 Å². The molecule has 230 valence electrons. The Morgan fingerprint density at radius 2 is 2.02 bits per heavy atom. The number of aliphatic hydroxyl groups is 1. The van der Waals surface area contributed by atoms with Crippen molar-refractivity contribution in [2.24, 2.45) is 17.8 Å². The third-order valence-electron chi connectivity index (χ3n) is 10.3. The van der Waals surface area contributed by atoms with Crippen LogP contribution in [0, 0.1) is 17.8 Å². The molecule has 0 radical (unpaired) electrons. The molecule has 0 bridgehead atoms. The van der Waals surface area contributed by atoms with Gasteiger partial charge in [0.05, 0.1) is 10.5 Å². The van der Waals surface area contributed by atoms with Crippen LogP contribution in [0.1, 0.15) is 58.1 Å². The molecular formula is C32H40BrN5O5. The van der Waals surface area contributed by atoms with Gasteiger partial charge in [-0.2, -0.15) is 0 Å². The highest BCUT2D eigenvalue weighted by Crippen LogP contribution is 2.49. The number of hydrogen-bond donors (Lipinski definition) is 3. The average Bonchev–Trinajstić information content (AvgIpc) is 3.63. The summed E-state index contributed by atoms with van der Waals surface area (Å²) in [4.78, 5) is 50.8. The van der Waals surface area contributed by atoms with E-state index in [9.17, 15) is 19.5 Å². The van der Waals surface area contributed by atoms with E-state index >= 15 is 0 Å². The molecule has 3 amide bonds. The summed E-state index contributed by atoms with van der Waals surface area (Å²) in [7, 11) is 2.03. The number of benzene rings is 1. The fraction of sp³-hybridized carbons (Fsp3) is 0.594. The van der Waals surface area contributed by atoms with E-state index in [0.29, 0.717) is 25.9 Å². The van der Waals surface area contributed by atoms with E-state index in [2.05, 4.69) is 43.3 Å². The van der Waals surface area contributed by atoms with Crippen molar-refractivity contribution >= 4 is 50.1 Å². The van der Waals surface area contributed by atoms with Gasteiger partial charge in [-0.05, 0) is 77.3 Å². The second kappa shape index (κ2) is 9.89. The monoisotopic (exact) mass is 653 g/mol. The lowest BCUT2D eigenvalue weighted by molar-refractivity contribution is -0.322. The van der Waals surface area contributed by atoms with Gasteiger partial charge in [-0.1, -0.05) is 45.9 Å². The minimum atomic E-state index is -2.01. The smallest absolute Gasteiger partial charge is 0.281 e. The molecule has 1 aliphatic carbocycles. The lowest BCUT2D eigenvalue weighted by Crippen LogP contribution is -2.71. The van der Waals surface area contributed by atoms with E-state index in [1.165, 1.54) is 15.8 Å². The first-order valence-electron chi connectivity index (χ1n) is 15.5. The number of aromatic nitrogens is 1. The largest absolute Gasteiger partial charge is 0.349 e. The van der Waals surface area contributed by atoms with Crippen LogP contribution < -0.4 is 5.32 Å². The van der Waals surface area contributed by atoms with Gasteiger partial charge in [-0.3, -0.25) is 28.9 Å². The van der Waals surface area contributed by atoms with Crippen molar-refractivity contribution in [2.75, 3.05) is 20.1 Å². The van der Waals surface area contributed by atoms with Crippen molar-refractivity contribution in [1.82, 2.24) is 25.0 Å². The van der Waals surface area contributed by atoms with Crippen LogP contribution in [-0.2, 0) is 25.5 Å². The molecule has 0 saturated carbocycles. The summed E-state index contributed by atoms with van der Waals surface area (Å²) in [5.41, 5.74) is 2.68. The molecule has 3 fully saturated rings. The Morgan fingerprint density at radius 3 is 2.74 bits per heavy atom. The van der Waals surface area contributed by atoms with Crippen LogP contribution in [0.25, 0.3) is 16.5 Å². The Kier molecular flexibility index (Phi) is 6.67. The highest BCUT2D eigenvalue weighted by molar-refractivity contribution is 9.10. The maximum absolute atomic E-state index is 14.4. The van der Waals surface area contributed by atoms with Gasteiger partial charge in [0.1, 0.15) is 12.1 Å². The number of halogens is 1. The van der Waals surface area contributed by atoms with Gasteiger partial charge in [0.25, 0.3) is 11.8 Å². The van der Waals surface area contributed by atoms with Gasteiger partial charge in [0.15, 0.2) is 0 Å². The molecule has 2 aromatic rings. The summed E-state index contributed by atoms with van der Waals surface area (Å²) in [6.07, 6.45) is 4.49. The van der Waals surface area contributed by atoms with E-state index in [0.717, 1.165) is 34.1 Å². The fourth-order valence-corrected chi connectivity index (χ4v) is 8.72. The van der Waals surface area contributed by atoms with Crippen LogP contribution in [0.3, 0.4) is 0 Å². The number of amides is 3. The summed E-state index contributed by atoms with van der Waals surface area (Å²) in [6.45, 7) is 8.57. The number of carbonyl (C=O) groups is 3. The van der Waals surface area contributed by atoms with E-state index in [-0.39, 0.29) is 23.8 Å². The quantitative estimate of drug-likeness (QED) is 0.456. The standard InChI is InChI=1S/C32H40BrN5O5/c1-16(2)12-24-29(40)37-11-7-10-25(37)32(42)38(24)30(41)31(43-32,17(3)4)35-28(39)18-13-20-19-8-6-9-22-26(19)21(27(33)34-22)14-23(20)36(5)15-18/h6,8-9,13,16-18,23-25,34,42H,7,10-12,14-15H2,1-5H3,(H,35,39)/t18-,23+,24+,25-,31-,32+/m1/s1. The molecular weight excluding hydrogens is 614 g/mol. The second-order valence-electron chi connectivity index (χ2n) is 13.7. The van der Waals surface area contributed by atoms with Crippen LogP contribution in [0.4, 0.5) is 0 Å². The summed E-state index contributed by atoms with van der Waals surface area (Å²) in [5, 5.41) is 16.3. The van der Waals surface area contributed by atoms with Crippen molar-refractivity contribution in [3.63, 3.8) is 0 Å². The first kappa shape index (κ1) is 29.0. The zero-order valence-corrected chi connectivity index (χ0v) is 26.9. The summed E-state index contributed by atoms with van der Waals surface area (Å²) in [5.74, 6) is -4.01. The van der Waals surface area contributed by atoms with Crippen molar-refractivity contribution in [3.05, 3.63) is 40.0 Å². The van der Waals surface area contributed by atoms with Crippen molar-refractivity contribution < 1.29 is 24.2 Å². The van der Waals surface area contributed by atoms with E-state index in [4.69, 9.17) is 4.74 Å². The Morgan fingerprint density at radius 1 is 1.26 bits per heavy atom. The number of H-pyrrole nitrogens is 1. The van der Waals surface area contributed by atoms with Crippen LogP contribution in [0.2, 0.25) is 0 Å². The Balaban J connectivity index is 1.25. The molecule has 6 atom stereocenters. The van der Waals surface area contributed by atoms with Gasteiger partial charge in [0.2, 0.25) is 17.5 Å². The molecule has 3 N–H and O–H groups in total. The minimum absolute atomic E-state index is 0.104. The SMILES string of the molecule is CC(C)C[C@H]1C(=O)N2CCC[C@@H]2[C@]2(O)O[C@](NC(=O)[C@@H]3C=C4c5cccc6[nH]c(Br)c(c56)C[C@@H]4N(C)C3)(C(C)C)C(=O)N12. The lowest BCUT2D eigenvalue weighted by atomic mass is 9.79. The number of fused-ring (bicyclic) bond motifs is 5. The molecule has 7 rings (SSSR count). The molecule has 1 aromatic heterocycles. The molecule has 0 spiro atoms. The van der Waals surface area contributed by atoms with Gasteiger partial charge >= 0.3 is 0 Å². The Labute approximate surface area is 259 Å². The van der Waals surface area contributed by atoms with Crippen LogP contribution in [-0.4, -0.2) is 92.4 Å². The predicted molar refractivity (Wildman–Crippen MR) is 164 cm³/mol. The normalized spacial score (nSPS) is 33.7. The van der Waals surface area contributed by atoms with Crippen LogP contribution >= 0.6 is 15.9 Å². The van der Waals surface area contributed by atoms with Gasteiger partial charge < -0.3 is 20.3 Å². The third-order valence-corrected chi connectivity index (χ3v) is 10.9. The number of ether oxygens (including phenoxy) is 1. The van der Waals surface area contributed by atoms with E-state index in [1.807, 2.05) is 33.0 Å². The number of rotatable bonds is 5. The molecule has 1 aromatic carbocycles. The fourth-order valence-electron chi connectivity index (χ4n) is 8.15. The average molecular weight is 655 g/mol. The maximum atomic E-state index is 14.4. The van der Waals surface area contributed by atoms with Crippen molar-refractivity contribution in [1.29, 1.82) is 0 Å². The van der Waals surface area contributed by atoms with Crippen LogP contribution in [0.5, 0.6) is 0 Å². The molecule has 3 saturated heterocycles. The van der Waals surface area contributed by atoms with Crippen molar-refractivity contribution in [3.8, 4) is 0 Å². The number of aromatic amines is 1. The lowest BCUT2D eigenvalue weighted by Gasteiger charge is -2.49. The van der Waals surface area contributed by atoms with Crippen LogP contribution in [0.15, 0.2) is 28.9 Å². The second-order valence-corrected chi connectivity index (χ2v) is 14.5. The summed E-state index contributed by atoms with van der Waals surface area (Å²) in [6, 6.07) is 4.76. The predicted octanol–water partition coefficient (Wildman–Crippen LogP) is 3.19. The highest BCUT2D eigenvalue weighted by atomic mass is 79.9. The zero-order valence-electron chi connectivity index (χ0n) is 25.3.